The van der Waals surface area contributed by atoms with Gasteiger partial charge in [0.15, 0.2) is 0 Å². The van der Waals surface area contributed by atoms with Crippen molar-refractivity contribution in [3.05, 3.63) is 34.7 Å². The molecule has 3 N–H and O–H groups in total. The molecule has 0 spiro atoms. The number of H-pyrrole nitrogens is 1. The van der Waals surface area contributed by atoms with E-state index in [1.807, 2.05) is 26.8 Å². The first-order valence-corrected chi connectivity index (χ1v) is 6.75. The molecule has 1 heterocycles. The summed E-state index contributed by atoms with van der Waals surface area (Å²) in [6, 6.07) is 6.35. The first-order chi connectivity index (χ1) is 9.76. The molecule has 1 atom stereocenters. The highest BCUT2D eigenvalue weighted by Crippen LogP contribution is 2.24. The van der Waals surface area contributed by atoms with Crippen molar-refractivity contribution in [2.75, 3.05) is 5.32 Å². The summed E-state index contributed by atoms with van der Waals surface area (Å²) in [7, 11) is 0. The van der Waals surface area contributed by atoms with E-state index in [4.69, 9.17) is 0 Å². The number of nitrogens with one attached hydrogen (secondary N) is 2. The van der Waals surface area contributed by atoms with Crippen LogP contribution in [0.2, 0.25) is 0 Å². The van der Waals surface area contributed by atoms with Crippen molar-refractivity contribution in [2.45, 2.75) is 33.2 Å². The zero-order valence-electron chi connectivity index (χ0n) is 12.3. The molecule has 0 saturated carbocycles. The molecule has 112 valence electrons. The Kier molecular flexibility index (Phi) is 3.97. The van der Waals surface area contributed by atoms with E-state index in [0.29, 0.717) is 23.1 Å². The van der Waals surface area contributed by atoms with Crippen LogP contribution in [0.15, 0.2) is 29.1 Å². The summed E-state index contributed by atoms with van der Waals surface area (Å²) in [5.74, 6) is -0.665. The smallest absolute Gasteiger partial charge is 0.347 e. The second-order valence-corrected chi connectivity index (χ2v) is 6.24. The number of carbonyl (C=O) groups is 1. The van der Waals surface area contributed by atoms with Gasteiger partial charge in [-0.05, 0) is 24.0 Å². The minimum absolute atomic E-state index is 0.160. The minimum Gasteiger partial charge on any atom is -0.480 e. The third-order valence-electron chi connectivity index (χ3n) is 3.06. The van der Waals surface area contributed by atoms with Gasteiger partial charge in [-0.3, -0.25) is 0 Å². The fraction of sp³-hybridized carbons (Fsp3) is 0.400. The molecule has 0 aliphatic carbocycles. The van der Waals surface area contributed by atoms with E-state index in [1.165, 1.54) is 0 Å². The standard InChI is InChI=1S/C15H19N3O3/c1-15(2,3)8-11(13(19)20)16-12-9-6-4-5-7-10(9)17-14(21)18-12/h4-7,11H,8H2,1-3H3,(H,19,20)(H2,16,17,18,21). The molecule has 0 saturated heterocycles. The Balaban J connectivity index is 2.41. The van der Waals surface area contributed by atoms with E-state index in [9.17, 15) is 14.7 Å². The van der Waals surface area contributed by atoms with Gasteiger partial charge >= 0.3 is 11.7 Å². The Hall–Kier alpha value is -2.37. The minimum atomic E-state index is -0.962. The Bertz CT molecular complexity index is 716. The summed E-state index contributed by atoms with van der Waals surface area (Å²) < 4.78 is 0. The molecule has 0 radical (unpaired) electrons. The molecule has 6 heteroatoms. The van der Waals surface area contributed by atoms with Crippen molar-refractivity contribution < 1.29 is 9.90 Å². The summed E-state index contributed by atoms with van der Waals surface area (Å²) in [4.78, 5) is 29.5. The van der Waals surface area contributed by atoms with Crippen LogP contribution in [0, 0.1) is 5.41 Å². The number of rotatable bonds is 4. The summed E-state index contributed by atoms with van der Waals surface area (Å²) >= 11 is 0. The van der Waals surface area contributed by atoms with Crippen molar-refractivity contribution in [2.24, 2.45) is 5.41 Å². The molecule has 1 unspecified atom stereocenters. The molecular weight excluding hydrogens is 270 g/mol. The van der Waals surface area contributed by atoms with Crippen LogP contribution in [-0.4, -0.2) is 27.1 Å². The van der Waals surface area contributed by atoms with Crippen LogP contribution < -0.4 is 11.0 Å². The number of hydrogen-bond acceptors (Lipinski definition) is 4. The second kappa shape index (κ2) is 5.55. The first kappa shape index (κ1) is 15.0. The number of aromatic amines is 1. The van der Waals surface area contributed by atoms with Gasteiger partial charge in [0.2, 0.25) is 0 Å². The number of carboxylic acids is 1. The monoisotopic (exact) mass is 289 g/mol. The Labute approximate surface area is 122 Å². The van der Waals surface area contributed by atoms with Crippen molar-refractivity contribution in [3.63, 3.8) is 0 Å². The molecule has 6 nitrogen and oxygen atoms in total. The predicted molar refractivity (Wildman–Crippen MR) is 81.5 cm³/mol. The highest BCUT2D eigenvalue weighted by atomic mass is 16.4. The molecule has 1 aromatic heterocycles. The van der Waals surface area contributed by atoms with Crippen molar-refractivity contribution >= 4 is 22.7 Å². The SMILES string of the molecule is CC(C)(C)CC(Nc1nc(=O)[nH]c2ccccc12)C(=O)O. The summed E-state index contributed by atoms with van der Waals surface area (Å²) in [5, 5.41) is 12.9. The number of anilines is 1. The van der Waals surface area contributed by atoms with Crippen molar-refractivity contribution in [1.82, 2.24) is 9.97 Å². The predicted octanol–water partition coefficient (Wildman–Crippen LogP) is 2.22. The number of carboxylic acid groups (broad SMARTS) is 1. The van der Waals surface area contributed by atoms with Gasteiger partial charge < -0.3 is 15.4 Å². The molecule has 0 aliphatic rings. The van der Waals surface area contributed by atoms with Gasteiger partial charge in [0.1, 0.15) is 11.9 Å². The van der Waals surface area contributed by atoms with Gasteiger partial charge in [-0.1, -0.05) is 32.9 Å². The fourth-order valence-corrected chi connectivity index (χ4v) is 2.19. The van der Waals surface area contributed by atoms with Crippen LogP contribution in [0.25, 0.3) is 10.9 Å². The number of fused-ring (bicyclic) bond motifs is 1. The third-order valence-corrected chi connectivity index (χ3v) is 3.06. The van der Waals surface area contributed by atoms with Crippen molar-refractivity contribution in [1.29, 1.82) is 0 Å². The highest BCUT2D eigenvalue weighted by molar-refractivity contribution is 5.90. The molecule has 0 aliphatic heterocycles. The maximum atomic E-state index is 11.6. The van der Waals surface area contributed by atoms with Crippen LogP contribution >= 0.6 is 0 Å². The zero-order chi connectivity index (χ0) is 15.6. The van der Waals surface area contributed by atoms with Gasteiger partial charge in [-0.25, -0.2) is 9.59 Å². The summed E-state index contributed by atoms with van der Waals surface area (Å²) in [6.45, 7) is 5.90. The van der Waals surface area contributed by atoms with Crippen LogP contribution in [0.5, 0.6) is 0 Å². The molecule has 2 rings (SSSR count). The number of aromatic nitrogens is 2. The number of nitrogens with zero attached hydrogens (tertiary/aromatic N) is 1. The molecule has 0 amide bonds. The van der Waals surface area contributed by atoms with E-state index in [1.54, 1.807) is 18.2 Å². The lowest BCUT2D eigenvalue weighted by Crippen LogP contribution is -2.34. The van der Waals surface area contributed by atoms with E-state index in [2.05, 4.69) is 15.3 Å². The molecular formula is C15H19N3O3. The van der Waals surface area contributed by atoms with Crippen LogP contribution in [0.4, 0.5) is 5.82 Å². The third kappa shape index (κ3) is 3.81. The lowest BCUT2D eigenvalue weighted by atomic mass is 9.88. The van der Waals surface area contributed by atoms with Gasteiger partial charge in [-0.15, -0.1) is 0 Å². The van der Waals surface area contributed by atoms with Crippen LogP contribution in [-0.2, 0) is 4.79 Å². The summed E-state index contributed by atoms with van der Waals surface area (Å²) in [6.07, 6.45) is 0.422. The quantitative estimate of drug-likeness (QED) is 0.802. The normalized spacial score (nSPS) is 13.1. The Morgan fingerprint density at radius 1 is 1.38 bits per heavy atom. The average Bonchev–Trinajstić information content (AvgIpc) is 2.36. The Morgan fingerprint density at radius 2 is 2.05 bits per heavy atom. The maximum Gasteiger partial charge on any atom is 0.347 e. The van der Waals surface area contributed by atoms with E-state index in [-0.39, 0.29) is 5.41 Å². The van der Waals surface area contributed by atoms with Crippen molar-refractivity contribution in [3.8, 4) is 0 Å². The van der Waals surface area contributed by atoms with Gasteiger partial charge in [-0.2, -0.15) is 4.98 Å². The molecule has 21 heavy (non-hydrogen) atoms. The lowest BCUT2D eigenvalue weighted by Gasteiger charge is -2.24. The fourth-order valence-electron chi connectivity index (χ4n) is 2.19. The van der Waals surface area contributed by atoms with Crippen LogP contribution in [0.3, 0.4) is 0 Å². The number of benzene rings is 1. The zero-order valence-corrected chi connectivity index (χ0v) is 12.3. The molecule has 0 bridgehead atoms. The number of aliphatic carboxylic acids is 1. The second-order valence-electron chi connectivity index (χ2n) is 6.24. The van der Waals surface area contributed by atoms with Gasteiger partial charge in [0.25, 0.3) is 0 Å². The largest absolute Gasteiger partial charge is 0.480 e. The molecule has 0 fully saturated rings. The lowest BCUT2D eigenvalue weighted by molar-refractivity contribution is -0.138. The highest BCUT2D eigenvalue weighted by Gasteiger charge is 2.25. The average molecular weight is 289 g/mol. The Morgan fingerprint density at radius 3 is 2.67 bits per heavy atom. The van der Waals surface area contributed by atoms with Crippen LogP contribution in [0.1, 0.15) is 27.2 Å². The van der Waals surface area contributed by atoms with Gasteiger partial charge in [0, 0.05) is 5.39 Å². The molecule has 2 aromatic rings. The molecule has 1 aromatic carbocycles. The first-order valence-electron chi connectivity index (χ1n) is 6.75. The summed E-state index contributed by atoms with van der Waals surface area (Å²) in [5.41, 5.74) is -0.0384. The van der Waals surface area contributed by atoms with E-state index >= 15 is 0 Å². The van der Waals surface area contributed by atoms with E-state index < -0.39 is 17.7 Å². The van der Waals surface area contributed by atoms with E-state index in [0.717, 1.165) is 0 Å². The topological polar surface area (TPSA) is 95.1 Å². The van der Waals surface area contributed by atoms with Gasteiger partial charge in [0.05, 0.1) is 5.52 Å². The number of para-hydroxylation sites is 1. The maximum absolute atomic E-state index is 11.6. The number of hydrogen-bond donors (Lipinski definition) is 3.